The van der Waals surface area contributed by atoms with Crippen LogP contribution in [0.5, 0.6) is 0 Å². The highest BCUT2D eigenvalue weighted by Gasteiger charge is 2.07. The first-order valence-electron chi connectivity index (χ1n) is 10.6. The van der Waals surface area contributed by atoms with Gasteiger partial charge in [0.15, 0.2) is 0 Å². The maximum Gasteiger partial charge on any atom is 0.136 e. The molecular formula is C30H24O. The van der Waals surface area contributed by atoms with Crippen molar-refractivity contribution in [2.75, 3.05) is 0 Å². The predicted molar refractivity (Wildman–Crippen MR) is 134 cm³/mol. The Morgan fingerprint density at radius 1 is 0.452 bits per heavy atom. The number of furan rings is 1. The van der Waals surface area contributed by atoms with Crippen LogP contribution in [0, 0.1) is 13.8 Å². The topological polar surface area (TPSA) is 13.1 Å². The summed E-state index contributed by atoms with van der Waals surface area (Å²) in [5, 5.41) is 2.30. The van der Waals surface area contributed by atoms with Gasteiger partial charge in [-0.15, -0.1) is 0 Å². The van der Waals surface area contributed by atoms with E-state index in [9.17, 15) is 0 Å². The zero-order chi connectivity index (χ0) is 21.2. The highest BCUT2D eigenvalue weighted by Crippen LogP contribution is 2.31. The summed E-state index contributed by atoms with van der Waals surface area (Å²) in [6.45, 7) is 4.21. The zero-order valence-electron chi connectivity index (χ0n) is 17.8. The molecule has 0 saturated carbocycles. The molecule has 0 N–H and O–H groups in total. The van der Waals surface area contributed by atoms with Crippen LogP contribution in [0.3, 0.4) is 0 Å². The first-order chi connectivity index (χ1) is 15.1. The molecule has 0 bridgehead atoms. The SMILES string of the molecule is Cc1ccc(C=Cc2ccc3c(c2)oc2cc(C=Cc4ccc(C)cc4)ccc23)cc1. The van der Waals surface area contributed by atoms with Crippen molar-refractivity contribution in [3.63, 3.8) is 0 Å². The standard InChI is InChI=1S/C30H24O/c1-21-3-7-23(8-4-21)11-13-25-15-17-27-28-18-16-26(20-30(28)31-29(27)19-25)14-12-24-9-5-22(2)6-10-24/h3-20H,1-2H3. The molecule has 0 aliphatic carbocycles. The van der Waals surface area contributed by atoms with Crippen LogP contribution in [-0.4, -0.2) is 0 Å². The summed E-state index contributed by atoms with van der Waals surface area (Å²) in [7, 11) is 0. The van der Waals surface area contributed by atoms with Gasteiger partial charge in [0, 0.05) is 10.8 Å². The van der Waals surface area contributed by atoms with E-state index in [4.69, 9.17) is 4.42 Å². The fourth-order valence-electron chi connectivity index (χ4n) is 3.76. The van der Waals surface area contributed by atoms with E-state index in [1.165, 1.54) is 22.3 Å². The van der Waals surface area contributed by atoms with Crippen LogP contribution in [0.1, 0.15) is 33.4 Å². The van der Waals surface area contributed by atoms with E-state index >= 15 is 0 Å². The number of hydrogen-bond donors (Lipinski definition) is 0. The number of rotatable bonds is 4. The van der Waals surface area contributed by atoms with Crippen molar-refractivity contribution in [1.82, 2.24) is 0 Å². The smallest absolute Gasteiger partial charge is 0.136 e. The van der Waals surface area contributed by atoms with E-state index in [1.54, 1.807) is 0 Å². The number of fused-ring (bicyclic) bond motifs is 3. The third-order valence-electron chi connectivity index (χ3n) is 5.61. The van der Waals surface area contributed by atoms with Crippen molar-refractivity contribution in [3.8, 4) is 0 Å². The number of benzene rings is 4. The highest BCUT2D eigenvalue weighted by atomic mass is 16.3. The molecule has 1 heterocycles. The van der Waals surface area contributed by atoms with Gasteiger partial charge < -0.3 is 4.42 Å². The van der Waals surface area contributed by atoms with Crippen LogP contribution in [0.4, 0.5) is 0 Å². The summed E-state index contributed by atoms with van der Waals surface area (Å²) in [4.78, 5) is 0. The molecule has 31 heavy (non-hydrogen) atoms. The normalized spacial score (nSPS) is 11.9. The Hall–Kier alpha value is -3.84. The Labute approximate surface area is 183 Å². The minimum atomic E-state index is 0.917. The lowest BCUT2D eigenvalue weighted by Gasteiger charge is -1.97. The summed E-state index contributed by atoms with van der Waals surface area (Å²) in [6.07, 6.45) is 8.54. The molecule has 0 saturated heterocycles. The van der Waals surface area contributed by atoms with Crippen molar-refractivity contribution in [2.45, 2.75) is 13.8 Å². The van der Waals surface area contributed by atoms with Crippen molar-refractivity contribution < 1.29 is 4.42 Å². The Balaban J connectivity index is 1.43. The van der Waals surface area contributed by atoms with Gasteiger partial charge in [-0.3, -0.25) is 0 Å². The second kappa shape index (κ2) is 8.12. The van der Waals surface area contributed by atoms with Crippen LogP contribution in [0.15, 0.2) is 89.3 Å². The van der Waals surface area contributed by atoms with Crippen molar-refractivity contribution in [2.24, 2.45) is 0 Å². The summed E-state index contributed by atoms with van der Waals surface area (Å²) in [5.74, 6) is 0. The average molecular weight is 401 g/mol. The number of aryl methyl sites for hydroxylation is 2. The molecule has 0 fully saturated rings. The molecular weight excluding hydrogens is 376 g/mol. The molecule has 1 nitrogen and oxygen atoms in total. The second-order valence-corrected chi connectivity index (χ2v) is 8.10. The van der Waals surface area contributed by atoms with E-state index in [0.717, 1.165) is 33.1 Å². The number of hydrogen-bond acceptors (Lipinski definition) is 1. The van der Waals surface area contributed by atoms with Gasteiger partial charge in [-0.25, -0.2) is 0 Å². The monoisotopic (exact) mass is 400 g/mol. The van der Waals surface area contributed by atoms with E-state index in [2.05, 4.69) is 123 Å². The molecule has 0 aliphatic rings. The molecule has 4 aromatic carbocycles. The van der Waals surface area contributed by atoms with Gasteiger partial charge in [0.25, 0.3) is 0 Å². The van der Waals surface area contributed by atoms with Gasteiger partial charge in [-0.05, 0) is 60.4 Å². The molecule has 0 amide bonds. The lowest BCUT2D eigenvalue weighted by atomic mass is 10.1. The lowest BCUT2D eigenvalue weighted by molar-refractivity contribution is 0.669. The first-order valence-corrected chi connectivity index (χ1v) is 10.6. The summed E-state index contributed by atoms with van der Waals surface area (Å²) >= 11 is 0. The van der Waals surface area contributed by atoms with Crippen LogP contribution >= 0.6 is 0 Å². The first kappa shape index (κ1) is 19.1. The molecule has 5 rings (SSSR count). The Kier molecular flexibility index (Phi) is 5.01. The lowest BCUT2D eigenvalue weighted by Crippen LogP contribution is -1.75. The molecule has 0 radical (unpaired) electrons. The summed E-state index contributed by atoms with van der Waals surface area (Å²) < 4.78 is 6.20. The fraction of sp³-hybridized carbons (Fsp3) is 0.0667. The summed E-state index contributed by atoms with van der Waals surface area (Å²) in [5.41, 5.74) is 9.03. The molecule has 5 aromatic rings. The van der Waals surface area contributed by atoms with Crippen molar-refractivity contribution in [3.05, 3.63) is 118 Å². The third-order valence-corrected chi connectivity index (χ3v) is 5.61. The zero-order valence-corrected chi connectivity index (χ0v) is 17.8. The highest BCUT2D eigenvalue weighted by molar-refractivity contribution is 6.06. The third kappa shape index (κ3) is 4.22. The molecule has 1 heteroatoms. The second-order valence-electron chi connectivity index (χ2n) is 8.10. The minimum absolute atomic E-state index is 0.917. The van der Waals surface area contributed by atoms with Gasteiger partial charge >= 0.3 is 0 Å². The Morgan fingerprint density at radius 2 is 0.806 bits per heavy atom. The van der Waals surface area contributed by atoms with Crippen LogP contribution < -0.4 is 0 Å². The van der Waals surface area contributed by atoms with Gasteiger partial charge in [0.1, 0.15) is 11.2 Å². The quantitative estimate of drug-likeness (QED) is 0.275. The largest absolute Gasteiger partial charge is 0.456 e. The van der Waals surface area contributed by atoms with E-state index in [-0.39, 0.29) is 0 Å². The molecule has 0 unspecified atom stereocenters. The molecule has 0 spiro atoms. The summed E-state index contributed by atoms with van der Waals surface area (Å²) in [6, 6.07) is 29.9. The van der Waals surface area contributed by atoms with Gasteiger partial charge in [-0.2, -0.15) is 0 Å². The maximum absolute atomic E-state index is 6.20. The Bertz CT molecular complexity index is 1300. The molecule has 150 valence electrons. The van der Waals surface area contributed by atoms with E-state index in [1.807, 2.05) is 0 Å². The van der Waals surface area contributed by atoms with Gasteiger partial charge in [0.05, 0.1) is 0 Å². The maximum atomic E-state index is 6.20. The van der Waals surface area contributed by atoms with Crippen molar-refractivity contribution in [1.29, 1.82) is 0 Å². The fourth-order valence-corrected chi connectivity index (χ4v) is 3.76. The minimum Gasteiger partial charge on any atom is -0.456 e. The average Bonchev–Trinajstić information content (AvgIpc) is 3.15. The molecule has 0 aliphatic heterocycles. The van der Waals surface area contributed by atoms with Gasteiger partial charge in [0.2, 0.25) is 0 Å². The predicted octanol–water partition coefficient (Wildman–Crippen LogP) is 8.54. The van der Waals surface area contributed by atoms with Crippen LogP contribution in [0.2, 0.25) is 0 Å². The van der Waals surface area contributed by atoms with Gasteiger partial charge in [-0.1, -0.05) is 96.1 Å². The van der Waals surface area contributed by atoms with E-state index < -0.39 is 0 Å². The molecule has 0 atom stereocenters. The van der Waals surface area contributed by atoms with Crippen LogP contribution in [-0.2, 0) is 0 Å². The Morgan fingerprint density at radius 3 is 1.23 bits per heavy atom. The van der Waals surface area contributed by atoms with Crippen molar-refractivity contribution >= 4 is 46.2 Å². The van der Waals surface area contributed by atoms with Crippen LogP contribution in [0.25, 0.3) is 46.2 Å². The van der Waals surface area contributed by atoms with E-state index in [0.29, 0.717) is 0 Å². The molecule has 1 aromatic heterocycles.